The van der Waals surface area contributed by atoms with Crippen LogP contribution in [0.3, 0.4) is 0 Å². The molecule has 0 bridgehead atoms. The Hall–Kier alpha value is 0.770. The fraction of sp³-hybridized carbons (Fsp3) is 1.00. The molecule has 0 fully saturated rings. The van der Waals surface area contributed by atoms with Crippen LogP contribution in [0.1, 0.15) is 13.3 Å². The molecule has 0 amide bonds. The van der Waals surface area contributed by atoms with Crippen LogP contribution in [0.25, 0.3) is 0 Å². The number of halogens is 3. The van der Waals surface area contributed by atoms with Gasteiger partial charge in [0, 0.05) is 27.2 Å². The molecule has 4 nitrogen and oxygen atoms in total. The third-order valence-electron chi connectivity index (χ3n) is 0.769. The normalized spacial score (nSPS) is 11.7. The van der Waals surface area contributed by atoms with Gasteiger partial charge in [0.2, 0.25) is 18.1 Å². The van der Waals surface area contributed by atoms with Crippen molar-refractivity contribution in [2.24, 2.45) is 0 Å². The van der Waals surface area contributed by atoms with Crippen LogP contribution >= 0.6 is 33.0 Å². The molecule has 0 aliphatic heterocycles. The summed E-state index contributed by atoms with van der Waals surface area (Å²) in [5.74, 6) is -0.0174. The van der Waals surface area contributed by atoms with E-state index >= 15 is 0 Å². The van der Waals surface area contributed by atoms with E-state index in [0.717, 1.165) is 0 Å². The highest BCUT2D eigenvalue weighted by Gasteiger charge is 2.00. The van der Waals surface area contributed by atoms with Crippen molar-refractivity contribution in [3.05, 3.63) is 0 Å². The molecule has 0 aromatic heterocycles. The quantitative estimate of drug-likeness (QED) is 0.586. The van der Waals surface area contributed by atoms with Gasteiger partial charge in [0.1, 0.15) is 0 Å². The van der Waals surface area contributed by atoms with Crippen molar-refractivity contribution < 1.29 is 16.8 Å². The van der Waals surface area contributed by atoms with Crippen molar-refractivity contribution in [1.29, 1.82) is 0 Å². The predicted molar refractivity (Wildman–Crippen MR) is 60.3 cm³/mol. The van der Waals surface area contributed by atoms with Gasteiger partial charge >= 0.3 is 0 Å². The SMILES string of the molecule is CCCS(=O)(=O)Cl.O=S(=O)(Cl)CCCl. The third-order valence-corrected chi connectivity index (χ3v) is 3.70. The molecule has 0 aromatic rings. The van der Waals surface area contributed by atoms with E-state index in [2.05, 4.69) is 0 Å². The molecule has 0 N–H and O–H groups in total. The lowest BCUT2D eigenvalue weighted by Crippen LogP contribution is -1.96. The molecule has 0 unspecified atom stereocenters. The first-order chi connectivity index (χ1) is 6.12. The maximum atomic E-state index is 10.00. The summed E-state index contributed by atoms with van der Waals surface area (Å²) in [7, 11) is 2.99. The molecule has 14 heavy (non-hydrogen) atoms. The van der Waals surface area contributed by atoms with E-state index in [1.807, 2.05) is 0 Å². The lowest BCUT2D eigenvalue weighted by molar-refractivity contribution is 0.607. The maximum Gasteiger partial charge on any atom is 0.233 e. The average Bonchev–Trinajstić information content (AvgIpc) is 1.81. The summed E-state index contributed by atoms with van der Waals surface area (Å²) in [6, 6.07) is 0. The number of hydrogen-bond donors (Lipinski definition) is 0. The Morgan fingerprint density at radius 1 is 0.929 bits per heavy atom. The molecule has 0 aromatic carbocycles. The highest BCUT2D eigenvalue weighted by Crippen LogP contribution is 1.96. The minimum absolute atomic E-state index is 0.0613. The Morgan fingerprint density at radius 2 is 1.29 bits per heavy atom. The fourth-order valence-corrected chi connectivity index (χ4v) is 2.55. The second-order valence-electron chi connectivity index (χ2n) is 2.17. The summed E-state index contributed by atoms with van der Waals surface area (Å²) >= 11 is 5.02. The topological polar surface area (TPSA) is 68.3 Å². The molecule has 88 valence electrons. The molecule has 0 spiro atoms. The first-order valence-electron chi connectivity index (χ1n) is 3.53. The van der Waals surface area contributed by atoms with Crippen molar-refractivity contribution in [3.8, 4) is 0 Å². The zero-order valence-electron chi connectivity index (χ0n) is 7.41. The summed E-state index contributed by atoms with van der Waals surface area (Å²) < 4.78 is 39.8. The lowest BCUT2D eigenvalue weighted by Gasteiger charge is -1.84. The van der Waals surface area contributed by atoms with Crippen molar-refractivity contribution >= 4 is 51.1 Å². The highest BCUT2D eigenvalue weighted by atomic mass is 35.7. The Bertz CT molecular complexity index is 287. The van der Waals surface area contributed by atoms with Crippen molar-refractivity contribution in [2.45, 2.75) is 13.3 Å². The maximum absolute atomic E-state index is 10.00. The van der Waals surface area contributed by atoms with Gasteiger partial charge in [-0.1, -0.05) is 6.92 Å². The van der Waals surface area contributed by atoms with Crippen LogP contribution < -0.4 is 0 Å². The van der Waals surface area contributed by atoms with Crippen LogP contribution in [0.15, 0.2) is 0 Å². The van der Waals surface area contributed by atoms with Gasteiger partial charge in [-0.25, -0.2) is 16.8 Å². The van der Waals surface area contributed by atoms with Gasteiger partial charge in [-0.2, -0.15) is 0 Å². The van der Waals surface area contributed by atoms with Gasteiger partial charge in [-0.05, 0) is 6.42 Å². The van der Waals surface area contributed by atoms with E-state index in [0.29, 0.717) is 6.42 Å². The summed E-state index contributed by atoms with van der Waals surface area (Å²) in [6.07, 6.45) is 0.589. The van der Waals surface area contributed by atoms with E-state index in [1.165, 1.54) is 0 Å². The zero-order valence-corrected chi connectivity index (χ0v) is 11.3. The minimum Gasteiger partial charge on any atom is -0.212 e. The van der Waals surface area contributed by atoms with Gasteiger partial charge in [-0.15, -0.1) is 11.6 Å². The van der Waals surface area contributed by atoms with Gasteiger partial charge < -0.3 is 0 Å². The molecule has 0 radical (unpaired) electrons. The first kappa shape index (κ1) is 17.2. The summed E-state index contributed by atoms with van der Waals surface area (Å²) in [4.78, 5) is 0. The molecular weight excluding hydrogens is 295 g/mol. The van der Waals surface area contributed by atoms with Gasteiger partial charge in [0.05, 0.1) is 11.5 Å². The van der Waals surface area contributed by atoms with E-state index < -0.39 is 18.1 Å². The fourth-order valence-electron chi connectivity index (χ4n) is 0.336. The molecular formula is C5H11Cl3O4S2. The second kappa shape index (κ2) is 7.98. The lowest BCUT2D eigenvalue weighted by atomic mass is 10.6. The van der Waals surface area contributed by atoms with E-state index in [9.17, 15) is 16.8 Å². The minimum atomic E-state index is -3.33. The largest absolute Gasteiger partial charge is 0.233 e. The molecule has 9 heteroatoms. The Balaban J connectivity index is 0. The standard InChI is InChI=1S/C3H7ClO2S.C2H4Cl2O2S/c1-2-3-7(4,5)6;3-1-2-7(4,5)6/h2-3H2,1H3;1-2H2. The summed E-state index contributed by atoms with van der Waals surface area (Å²) in [6.45, 7) is 1.76. The first-order valence-corrected chi connectivity index (χ1v) is 9.02. The van der Waals surface area contributed by atoms with Crippen LogP contribution in [0, 0.1) is 0 Å². The van der Waals surface area contributed by atoms with Crippen LogP contribution in [0.2, 0.25) is 0 Å². The smallest absolute Gasteiger partial charge is 0.212 e. The molecule has 0 atom stereocenters. The second-order valence-corrected chi connectivity index (χ2v) is 8.35. The van der Waals surface area contributed by atoms with Crippen molar-refractivity contribution in [2.75, 3.05) is 17.4 Å². The highest BCUT2D eigenvalue weighted by molar-refractivity contribution is 8.14. The Kier molecular flexibility index (Phi) is 9.79. The van der Waals surface area contributed by atoms with Gasteiger partial charge in [-0.3, -0.25) is 0 Å². The van der Waals surface area contributed by atoms with Crippen LogP contribution in [0.4, 0.5) is 0 Å². The zero-order chi connectivity index (χ0) is 11.8. The van der Waals surface area contributed by atoms with Crippen LogP contribution in [0.5, 0.6) is 0 Å². The molecule has 0 heterocycles. The Morgan fingerprint density at radius 3 is 1.29 bits per heavy atom. The predicted octanol–water partition coefficient (Wildman–Crippen LogP) is 1.76. The average molecular weight is 306 g/mol. The summed E-state index contributed by atoms with van der Waals surface area (Å²) in [5.41, 5.74) is 0. The van der Waals surface area contributed by atoms with E-state index in [1.54, 1.807) is 6.92 Å². The molecule has 0 aliphatic rings. The molecule has 0 saturated carbocycles. The number of alkyl halides is 1. The number of rotatable bonds is 4. The monoisotopic (exact) mass is 304 g/mol. The molecule has 0 aliphatic carbocycles. The van der Waals surface area contributed by atoms with E-state index in [-0.39, 0.29) is 17.4 Å². The van der Waals surface area contributed by atoms with Crippen molar-refractivity contribution in [3.63, 3.8) is 0 Å². The van der Waals surface area contributed by atoms with E-state index in [4.69, 9.17) is 33.0 Å². The van der Waals surface area contributed by atoms with Gasteiger partial charge in [0.15, 0.2) is 0 Å². The van der Waals surface area contributed by atoms with Crippen LogP contribution in [-0.4, -0.2) is 34.2 Å². The Labute approximate surface area is 98.4 Å². The summed E-state index contributed by atoms with van der Waals surface area (Å²) in [5, 5.41) is 0. The van der Waals surface area contributed by atoms with Gasteiger partial charge in [0.25, 0.3) is 0 Å². The van der Waals surface area contributed by atoms with Crippen molar-refractivity contribution in [1.82, 2.24) is 0 Å². The molecule has 0 saturated heterocycles. The third kappa shape index (κ3) is 23.0. The number of hydrogen-bond acceptors (Lipinski definition) is 4. The molecule has 0 rings (SSSR count). The van der Waals surface area contributed by atoms with Crippen LogP contribution in [-0.2, 0) is 18.1 Å².